The fraction of sp³-hybridized carbons (Fsp3) is 0.100. The van der Waals surface area contributed by atoms with Crippen LogP contribution >= 0.6 is 0 Å². The summed E-state index contributed by atoms with van der Waals surface area (Å²) in [5.74, 6) is -0.704. The van der Waals surface area contributed by atoms with E-state index in [1.54, 1.807) is 0 Å². The SMILES string of the molecule is NC(=O)c1cc2ccc(C(F)(F)F)cc2[nH]1. The third-order valence-corrected chi connectivity index (χ3v) is 2.22. The molecular weight excluding hydrogens is 221 g/mol. The van der Waals surface area contributed by atoms with Gasteiger partial charge in [0.1, 0.15) is 5.69 Å². The molecule has 0 spiro atoms. The van der Waals surface area contributed by atoms with Crippen LogP contribution in [0.4, 0.5) is 13.2 Å². The van der Waals surface area contributed by atoms with Crippen LogP contribution in [0.1, 0.15) is 16.1 Å². The Hall–Kier alpha value is -1.98. The number of halogens is 3. The zero-order valence-corrected chi connectivity index (χ0v) is 7.93. The molecule has 1 heterocycles. The van der Waals surface area contributed by atoms with Crippen LogP contribution in [-0.4, -0.2) is 10.9 Å². The normalized spacial score (nSPS) is 11.9. The number of alkyl halides is 3. The van der Waals surface area contributed by atoms with Gasteiger partial charge in [0.2, 0.25) is 0 Å². The Morgan fingerprint density at radius 1 is 1.25 bits per heavy atom. The lowest BCUT2D eigenvalue weighted by Crippen LogP contribution is -2.10. The first-order valence-corrected chi connectivity index (χ1v) is 4.38. The first-order chi connectivity index (χ1) is 7.38. The second kappa shape index (κ2) is 3.26. The highest BCUT2D eigenvalue weighted by molar-refractivity contribution is 5.97. The molecule has 6 heteroatoms. The number of hydrogen-bond acceptors (Lipinski definition) is 1. The molecule has 0 aliphatic heterocycles. The molecular formula is C10H7F3N2O. The van der Waals surface area contributed by atoms with Crippen LogP contribution < -0.4 is 5.73 Å². The summed E-state index contributed by atoms with van der Waals surface area (Å²) in [4.78, 5) is 13.4. The number of hydrogen-bond donors (Lipinski definition) is 2. The number of H-pyrrole nitrogens is 1. The van der Waals surface area contributed by atoms with Crippen molar-refractivity contribution in [2.45, 2.75) is 6.18 Å². The Balaban J connectivity index is 2.58. The van der Waals surface area contributed by atoms with Crippen molar-refractivity contribution in [3.8, 4) is 0 Å². The fourth-order valence-corrected chi connectivity index (χ4v) is 1.44. The average Bonchev–Trinajstić information content (AvgIpc) is 2.58. The number of primary amides is 1. The van der Waals surface area contributed by atoms with E-state index >= 15 is 0 Å². The Morgan fingerprint density at radius 3 is 2.50 bits per heavy atom. The van der Waals surface area contributed by atoms with Gasteiger partial charge in [0, 0.05) is 10.9 Å². The molecule has 0 atom stereocenters. The Bertz CT molecular complexity index is 557. The highest BCUT2D eigenvalue weighted by atomic mass is 19.4. The van der Waals surface area contributed by atoms with Crippen molar-refractivity contribution in [2.75, 3.05) is 0 Å². The van der Waals surface area contributed by atoms with Crippen LogP contribution in [-0.2, 0) is 6.18 Å². The van der Waals surface area contributed by atoms with Crippen molar-refractivity contribution in [3.63, 3.8) is 0 Å². The lowest BCUT2D eigenvalue weighted by atomic mass is 10.1. The molecule has 1 amide bonds. The van der Waals surface area contributed by atoms with Gasteiger partial charge < -0.3 is 10.7 Å². The maximum absolute atomic E-state index is 12.4. The van der Waals surface area contributed by atoms with Gasteiger partial charge in [0.05, 0.1) is 5.56 Å². The summed E-state index contributed by atoms with van der Waals surface area (Å²) in [6.07, 6.45) is -4.40. The summed E-state index contributed by atoms with van der Waals surface area (Å²) in [7, 11) is 0. The average molecular weight is 228 g/mol. The molecule has 3 nitrogen and oxygen atoms in total. The number of carbonyl (C=O) groups excluding carboxylic acids is 1. The number of benzene rings is 1. The first kappa shape index (κ1) is 10.5. The van der Waals surface area contributed by atoms with Gasteiger partial charge in [0.15, 0.2) is 0 Å². The van der Waals surface area contributed by atoms with Crippen LogP contribution in [0, 0.1) is 0 Å². The number of nitrogens with two attached hydrogens (primary N) is 1. The van der Waals surface area contributed by atoms with Crippen molar-refractivity contribution in [2.24, 2.45) is 5.73 Å². The fourth-order valence-electron chi connectivity index (χ4n) is 1.44. The number of carbonyl (C=O) groups is 1. The quantitative estimate of drug-likeness (QED) is 0.772. The molecule has 0 saturated carbocycles. The van der Waals surface area contributed by atoms with Gasteiger partial charge in [-0.25, -0.2) is 0 Å². The Morgan fingerprint density at radius 2 is 1.94 bits per heavy atom. The van der Waals surface area contributed by atoms with Crippen molar-refractivity contribution >= 4 is 16.8 Å². The lowest BCUT2D eigenvalue weighted by molar-refractivity contribution is -0.137. The van der Waals surface area contributed by atoms with E-state index in [1.807, 2.05) is 0 Å². The molecule has 2 rings (SSSR count). The predicted octanol–water partition coefficient (Wildman–Crippen LogP) is 2.29. The Labute approximate surface area is 88.1 Å². The van der Waals surface area contributed by atoms with Gasteiger partial charge in [-0.15, -0.1) is 0 Å². The molecule has 0 radical (unpaired) electrons. The van der Waals surface area contributed by atoms with Gasteiger partial charge in [-0.3, -0.25) is 4.79 Å². The second-order valence-electron chi connectivity index (χ2n) is 3.35. The van der Waals surface area contributed by atoms with Gasteiger partial charge in [-0.05, 0) is 18.2 Å². The van der Waals surface area contributed by atoms with Crippen LogP contribution in [0.15, 0.2) is 24.3 Å². The molecule has 3 N–H and O–H groups in total. The van der Waals surface area contributed by atoms with E-state index in [9.17, 15) is 18.0 Å². The zero-order valence-electron chi connectivity index (χ0n) is 7.93. The second-order valence-corrected chi connectivity index (χ2v) is 3.35. The molecule has 16 heavy (non-hydrogen) atoms. The highest BCUT2D eigenvalue weighted by Gasteiger charge is 2.30. The smallest absolute Gasteiger partial charge is 0.364 e. The third kappa shape index (κ3) is 1.73. The molecule has 0 unspecified atom stereocenters. The summed E-state index contributed by atoms with van der Waals surface area (Å²) < 4.78 is 37.1. The maximum atomic E-state index is 12.4. The summed E-state index contributed by atoms with van der Waals surface area (Å²) in [5, 5.41) is 0.516. The highest BCUT2D eigenvalue weighted by Crippen LogP contribution is 2.31. The van der Waals surface area contributed by atoms with E-state index in [2.05, 4.69) is 4.98 Å². The standard InChI is InChI=1S/C10H7F3N2O/c11-10(12,13)6-2-1-5-3-8(9(14)16)15-7(5)4-6/h1-4,15H,(H2,14,16). The van der Waals surface area contributed by atoms with Gasteiger partial charge >= 0.3 is 6.18 Å². The van der Waals surface area contributed by atoms with Crippen molar-refractivity contribution in [3.05, 3.63) is 35.5 Å². The Kier molecular flexibility index (Phi) is 2.15. The van der Waals surface area contributed by atoms with Crippen molar-refractivity contribution < 1.29 is 18.0 Å². The van der Waals surface area contributed by atoms with Crippen molar-refractivity contribution in [1.29, 1.82) is 0 Å². The van der Waals surface area contributed by atoms with Gasteiger partial charge in [0.25, 0.3) is 5.91 Å². The summed E-state index contributed by atoms with van der Waals surface area (Å²) in [6, 6.07) is 4.61. The van der Waals surface area contributed by atoms with Gasteiger partial charge in [-0.1, -0.05) is 6.07 Å². The number of aromatic nitrogens is 1. The van der Waals surface area contributed by atoms with Crippen LogP contribution in [0.5, 0.6) is 0 Å². The number of amides is 1. The topological polar surface area (TPSA) is 58.9 Å². The summed E-state index contributed by atoms with van der Waals surface area (Å²) in [6.45, 7) is 0. The monoisotopic (exact) mass is 228 g/mol. The minimum atomic E-state index is -4.40. The summed E-state index contributed by atoms with van der Waals surface area (Å²) >= 11 is 0. The molecule has 0 aliphatic carbocycles. The molecule has 84 valence electrons. The number of aromatic amines is 1. The molecule has 0 aliphatic rings. The van der Waals surface area contributed by atoms with Crippen LogP contribution in [0.25, 0.3) is 10.9 Å². The van der Waals surface area contributed by atoms with E-state index < -0.39 is 17.6 Å². The third-order valence-electron chi connectivity index (χ3n) is 2.22. The van der Waals surface area contributed by atoms with E-state index in [4.69, 9.17) is 5.73 Å². The first-order valence-electron chi connectivity index (χ1n) is 4.38. The zero-order chi connectivity index (χ0) is 11.9. The van der Waals surface area contributed by atoms with Gasteiger partial charge in [-0.2, -0.15) is 13.2 Å². The van der Waals surface area contributed by atoms with Crippen molar-refractivity contribution in [1.82, 2.24) is 4.98 Å². The minimum absolute atomic E-state index is 0.0920. The predicted molar refractivity (Wildman–Crippen MR) is 51.8 cm³/mol. The van der Waals surface area contributed by atoms with E-state index in [1.165, 1.54) is 12.1 Å². The van der Waals surface area contributed by atoms with Crippen LogP contribution in [0.2, 0.25) is 0 Å². The molecule has 1 aromatic heterocycles. The summed E-state index contributed by atoms with van der Waals surface area (Å²) in [5.41, 5.74) is 4.57. The molecule has 0 bridgehead atoms. The molecule has 1 aromatic carbocycles. The van der Waals surface area contributed by atoms with E-state index in [0.29, 0.717) is 5.39 Å². The maximum Gasteiger partial charge on any atom is 0.416 e. The lowest BCUT2D eigenvalue weighted by Gasteiger charge is -2.05. The number of fused-ring (bicyclic) bond motifs is 1. The minimum Gasteiger partial charge on any atom is -0.364 e. The van der Waals surface area contributed by atoms with E-state index in [0.717, 1.165) is 12.1 Å². The molecule has 0 fully saturated rings. The largest absolute Gasteiger partial charge is 0.416 e. The molecule has 0 saturated heterocycles. The van der Waals surface area contributed by atoms with E-state index in [-0.39, 0.29) is 11.2 Å². The number of rotatable bonds is 1. The number of nitrogens with one attached hydrogen (secondary N) is 1. The van der Waals surface area contributed by atoms with Crippen LogP contribution in [0.3, 0.4) is 0 Å². The molecule has 2 aromatic rings.